The van der Waals surface area contributed by atoms with Crippen molar-refractivity contribution in [2.24, 2.45) is 17.3 Å². The molecule has 4 rings (SSSR count). The Balaban J connectivity index is 1.21. The summed E-state index contributed by atoms with van der Waals surface area (Å²) in [6.45, 7) is 11.7. The van der Waals surface area contributed by atoms with Crippen LogP contribution >= 0.6 is 0 Å². The van der Waals surface area contributed by atoms with Crippen molar-refractivity contribution in [3.8, 4) is 0 Å². The van der Waals surface area contributed by atoms with E-state index in [1.54, 1.807) is 0 Å². The van der Waals surface area contributed by atoms with Gasteiger partial charge in [-0.25, -0.2) is 4.39 Å². The van der Waals surface area contributed by atoms with E-state index >= 15 is 0 Å². The number of carbonyl (C=O) groups excluding carboxylic acids is 1. The van der Waals surface area contributed by atoms with E-state index in [2.05, 4.69) is 49.9 Å². The Hall–Kier alpha value is -1.62. The summed E-state index contributed by atoms with van der Waals surface area (Å²) in [5.41, 5.74) is 2.84. The number of amides is 1. The van der Waals surface area contributed by atoms with Gasteiger partial charge < -0.3 is 9.80 Å². The molecule has 4 nitrogen and oxygen atoms in total. The zero-order chi connectivity index (χ0) is 19.2. The molecule has 0 saturated carbocycles. The summed E-state index contributed by atoms with van der Waals surface area (Å²) in [6, 6.07) is 8.66. The molecule has 1 aromatic rings. The van der Waals surface area contributed by atoms with E-state index in [-0.39, 0.29) is 17.2 Å². The summed E-state index contributed by atoms with van der Waals surface area (Å²) in [5.74, 6) is 0.694. The minimum absolute atomic E-state index is 0.145. The average molecular weight is 374 g/mol. The highest BCUT2D eigenvalue weighted by molar-refractivity contribution is 5.79. The molecule has 2 atom stereocenters. The van der Waals surface area contributed by atoms with E-state index in [0.29, 0.717) is 19.0 Å². The third kappa shape index (κ3) is 3.71. The van der Waals surface area contributed by atoms with Crippen molar-refractivity contribution in [3.05, 3.63) is 29.8 Å². The predicted octanol–water partition coefficient (Wildman–Crippen LogP) is 2.96. The first-order valence-corrected chi connectivity index (χ1v) is 10.3. The van der Waals surface area contributed by atoms with E-state index in [9.17, 15) is 9.18 Å². The van der Waals surface area contributed by atoms with Crippen LogP contribution in [0.15, 0.2) is 24.3 Å². The molecule has 0 radical (unpaired) electrons. The topological polar surface area (TPSA) is 26.8 Å². The van der Waals surface area contributed by atoms with Crippen LogP contribution in [-0.4, -0.2) is 67.7 Å². The van der Waals surface area contributed by atoms with Crippen LogP contribution in [0.2, 0.25) is 0 Å². The number of halogens is 1. The first-order valence-electron chi connectivity index (χ1n) is 10.3. The lowest BCUT2D eigenvalue weighted by Gasteiger charge is -2.61. The van der Waals surface area contributed by atoms with Crippen molar-refractivity contribution in [1.82, 2.24) is 9.80 Å². The fourth-order valence-corrected chi connectivity index (χ4v) is 5.01. The van der Waals surface area contributed by atoms with Crippen molar-refractivity contribution in [1.29, 1.82) is 0 Å². The van der Waals surface area contributed by atoms with Crippen LogP contribution in [-0.2, 0) is 4.79 Å². The normalized spacial score (nSPS) is 27.6. The summed E-state index contributed by atoms with van der Waals surface area (Å²) in [7, 11) is 0. The van der Waals surface area contributed by atoms with Crippen LogP contribution in [0.4, 0.5) is 10.1 Å². The number of alkyl halides is 1. The summed E-state index contributed by atoms with van der Waals surface area (Å²) < 4.78 is 14.3. The van der Waals surface area contributed by atoms with Gasteiger partial charge in [-0.15, -0.1) is 0 Å². The molecule has 3 aliphatic heterocycles. The second kappa shape index (κ2) is 7.08. The molecule has 3 aliphatic rings. The van der Waals surface area contributed by atoms with E-state index in [1.165, 1.54) is 11.3 Å². The third-order valence-electron chi connectivity index (χ3n) is 6.75. The minimum atomic E-state index is -0.802. The van der Waals surface area contributed by atoms with Gasteiger partial charge in [-0.3, -0.25) is 9.69 Å². The second-order valence-corrected chi connectivity index (χ2v) is 9.39. The highest BCUT2D eigenvalue weighted by atomic mass is 19.1. The van der Waals surface area contributed by atoms with E-state index < -0.39 is 6.17 Å². The Labute approximate surface area is 162 Å². The number of aryl methyl sites for hydroxylation is 1. The van der Waals surface area contributed by atoms with Crippen LogP contribution in [0, 0.1) is 24.2 Å². The van der Waals surface area contributed by atoms with Gasteiger partial charge in [0.2, 0.25) is 5.91 Å². The van der Waals surface area contributed by atoms with Gasteiger partial charge in [0.15, 0.2) is 0 Å². The Morgan fingerprint density at radius 3 is 2.44 bits per heavy atom. The largest absolute Gasteiger partial charge is 0.370 e. The maximum absolute atomic E-state index is 14.3. The van der Waals surface area contributed by atoms with E-state index in [1.807, 2.05) is 9.80 Å². The molecule has 1 amide bonds. The molecule has 1 spiro atoms. The molecule has 0 bridgehead atoms. The second-order valence-electron chi connectivity index (χ2n) is 9.39. The Kier molecular flexibility index (Phi) is 4.91. The molecule has 148 valence electrons. The molecular weight excluding hydrogens is 341 g/mol. The highest BCUT2D eigenvalue weighted by Gasteiger charge is 2.53. The maximum Gasteiger partial charge on any atom is 0.236 e. The number of benzene rings is 1. The van der Waals surface area contributed by atoms with Gasteiger partial charge in [0.1, 0.15) is 6.17 Å². The quantitative estimate of drug-likeness (QED) is 0.812. The zero-order valence-corrected chi connectivity index (χ0v) is 16.8. The average Bonchev–Trinajstić information content (AvgIpc) is 2.53. The van der Waals surface area contributed by atoms with Gasteiger partial charge >= 0.3 is 0 Å². The van der Waals surface area contributed by atoms with Crippen molar-refractivity contribution < 1.29 is 9.18 Å². The number of hydrogen-bond acceptors (Lipinski definition) is 3. The lowest BCUT2D eigenvalue weighted by Crippen LogP contribution is -2.73. The maximum atomic E-state index is 14.3. The Bertz CT molecular complexity index is 675. The monoisotopic (exact) mass is 373 g/mol. The van der Waals surface area contributed by atoms with Crippen LogP contribution in [0.3, 0.4) is 0 Å². The van der Waals surface area contributed by atoms with Crippen molar-refractivity contribution in [2.75, 3.05) is 50.7 Å². The SMILES string of the molecule is Cc1ccc(N2CC3(CN(C(=O)CN4CCC(C(C)C)C(F)C4)C3)C2)cc1. The number of hydrogen-bond donors (Lipinski definition) is 0. The molecule has 5 heteroatoms. The first kappa shape index (κ1) is 18.7. The number of piperidine rings is 1. The molecule has 0 aliphatic carbocycles. The molecule has 1 aromatic carbocycles. The molecule has 2 unspecified atom stereocenters. The highest BCUT2D eigenvalue weighted by Crippen LogP contribution is 2.42. The minimum Gasteiger partial charge on any atom is -0.370 e. The molecule has 3 heterocycles. The molecular formula is C22H32FN3O. The smallest absolute Gasteiger partial charge is 0.236 e. The molecule has 3 saturated heterocycles. The number of nitrogens with zero attached hydrogens (tertiary/aromatic N) is 3. The van der Waals surface area contributed by atoms with Gasteiger partial charge in [0.05, 0.1) is 6.54 Å². The number of rotatable bonds is 4. The standard InChI is InChI=1S/C22H32FN3O/c1-16(2)19-8-9-24(10-20(19)23)11-21(27)26-14-22(15-26)12-25(13-22)18-6-4-17(3)5-7-18/h4-7,16,19-20H,8-15H2,1-3H3. The summed E-state index contributed by atoms with van der Waals surface area (Å²) in [6.07, 6.45) is 0.0608. The number of likely N-dealkylation sites (tertiary alicyclic amines) is 2. The molecule has 3 fully saturated rings. The van der Waals surface area contributed by atoms with Gasteiger partial charge in [-0.05, 0) is 43.9 Å². The third-order valence-corrected chi connectivity index (χ3v) is 6.75. The van der Waals surface area contributed by atoms with Gasteiger partial charge in [-0.1, -0.05) is 31.5 Å². The summed E-state index contributed by atoms with van der Waals surface area (Å²) >= 11 is 0. The fraction of sp³-hybridized carbons (Fsp3) is 0.682. The Morgan fingerprint density at radius 1 is 1.19 bits per heavy atom. The lowest BCUT2D eigenvalue weighted by atomic mass is 9.72. The summed E-state index contributed by atoms with van der Waals surface area (Å²) in [5, 5.41) is 0. The van der Waals surface area contributed by atoms with E-state index in [0.717, 1.165) is 39.1 Å². The Morgan fingerprint density at radius 2 is 1.85 bits per heavy atom. The van der Waals surface area contributed by atoms with Crippen LogP contribution in [0.1, 0.15) is 25.8 Å². The molecule has 0 aromatic heterocycles. The molecule has 0 N–H and O–H groups in total. The molecule has 27 heavy (non-hydrogen) atoms. The fourth-order valence-electron chi connectivity index (χ4n) is 5.01. The van der Waals surface area contributed by atoms with Crippen molar-refractivity contribution in [2.45, 2.75) is 33.4 Å². The van der Waals surface area contributed by atoms with Crippen molar-refractivity contribution >= 4 is 11.6 Å². The van der Waals surface area contributed by atoms with Gasteiger partial charge in [0.25, 0.3) is 0 Å². The van der Waals surface area contributed by atoms with Crippen LogP contribution in [0.25, 0.3) is 0 Å². The van der Waals surface area contributed by atoms with Crippen LogP contribution in [0.5, 0.6) is 0 Å². The first-order chi connectivity index (χ1) is 12.8. The zero-order valence-electron chi connectivity index (χ0n) is 16.8. The predicted molar refractivity (Wildman–Crippen MR) is 107 cm³/mol. The lowest BCUT2D eigenvalue weighted by molar-refractivity contribution is -0.147. The van der Waals surface area contributed by atoms with Gasteiger partial charge in [0, 0.05) is 43.8 Å². The van der Waals surface area contributed by atoms with Gasteiger partial charge in [-0.2, -0.15) is 0 Å². The summed E-state index contributed by atoms with van der Waals surface area (Å²) in [4.78, 5) is 19.0. The van der Waals surface area contributed by atoms with Crippen LogP contribution < -0.4 is 4.90 Å². The number of anilines is 1. The number of carbonyl (C=O) groups is 1. The van der Waals surface area contributed by atoms with Crippen molar-refractivity contribution in [3.63, 3.8) is 0 Å². The van der Waals surface area contributed by atoms with E-state index in [4.69, 9.17) is 0 Å².